The average Bonchev–Trinajstić information content (AvgIpc) is 2.38. The minimum Gasteiger partial charge on any atom is -0.370 e. The fraction of sp³-hybridized carbons (Fsp3) is 0.643. The zero-order chi connectivity index (χ0) is 12.5. The van der Waals surface area contributed by atoms with Crippen molar-refractivity contribution in [1.82, 2.24) is 10.3 Å². The van der Waals surface area contributed by atoms with Crippen molar-refractivity contribution in [2.45, 2.75) is 40.2 Å². The molecule has 1 rings (SSSR count). The van der Waals surface area contributed by atoms with Crippen LogP contribution < -0.4 is 10.6 Å². The third kappa shape index (κ3) is 4.73. The normalized spacial score (nSPS) is 10.8. The van der Waals surface area contributed by atoms with Crippen LogP contribution in [0.4, 0.5) is 5.82 Å². The lowest BCUT2D eigenvalue weighted by Crippen LogP contribution is -2.17. The van der Waals surface area contributed by atoms with Crippen molar-refractivity contribution in [2.24, 2.45) is 5.92 Å². The molecular weight excluding hydrogens is 210 g/mol. The van der Waals surface area contributed by atoms with Crippen LogP contribution in [0.3, 0.4) is 0 Å². The van der Waals surface area contributed by atoms with Gasteiger partial charge in [-0.15, -0.1) is 0 Å². The summed E-state index contributed by atoms with van der Waals surface area (Å²) in [5.74, 6) is 1.77. The first-order valence-electron chi connectivity index (χ1n) is 6.70. The van der Waals surface area contributed by atoms with Gasteiger partial charge in [0.2, 0.25) is 0 Å². The first-order chi connectivity index (χ1) is 8.31. The van der Waals surface area contributed by atoms with Crippen molar-refractivity contribution in [3.05, 3.63) is 23.9 Å². The van der Waals surface area contributed by atoms with E-state index >= 15 is 0 Å². The number of pyridine rings is 1. The predicted octanol–water partition coefficient (Wildman–Crippen LogP) is 3.04. The molecule has 96 valence electrons. The Labute approximate surface area is 105 Å². The molecule has 0 bridgehead atoms. The number of nitrogens with zero attached hydrogens (tertiary/aromatic N) is 1. The smallest absolute Gasteiger partial charge is 0.130 e. The van der Waals surface area contributed by atoms with Gasteiger partial charge < -0.3 is 10.6 Å². The van der Waals surface area contributed by atoms with Crippen LogP contribution in [0.2, 0.25) is 0 Å². The second-order valence-electron chi connectivity index (χ2n) is 4.35. The summed E-state index contributed by atoms with van der Waals surface area (Å²) in [7, 11) is 0. The van der Waals surface area contributed by atoms with Crippen LogP contribution in [-0.2, 0) is 6.54 Å². The second-order valence-corrected chi connectivity index (χ2v) is 4.35. The van der Waals surface area contributed by atoms with Crippen molar-refractivity contribution >= 4 is 5.82 Å². The Balaban J connectivity index is 2.56. The molecule has 1 heterocycles. The average molecular weight is 235 g/mol. The van der Waals surface area contributed by atoms with Gasteiger partial charge in [-0.2, -0.15) is 0 Å². The number of nitrogens with one attached hydrogen (secondary N) is 2. The fourth-order valence-electron chi connectivity index (χ4n) is 1.82. The van der Waals surface area contributed by atoms with E-state index < -0.39 is 0 Å². The summed E-state index contributed by atoms with van der Waals surface area (Å²) < 4.78 is 0. The molecule has 0 aliphatic heterocycles. The molecule has 0 amide bonds. The zero-order valence-corrected chi connectivity index (χ0v) is 11.3. The molecule has 0 fully saturated rings. The van der Waals surface area contributed by atoms with E-state index in [1.807, 2.05) is 12.3 Å². The van der Waals surface area contributed by atoms with Gasteiger partial charge in [0.25, 0.3) is 0 Å². The van der Waals surface area contributed by atoms with E-state index in [2.05, 4.69) is 42.5 Å². The van der Waals surface area contributed by atoms with Crippen LogP contribution >= 0.6 is 0 Å². The van der Waals surface area contributed by atoms with E-state index in [0.717, 1.165) is 31.4 Å². The number of hydrogen-bond donors (Lipinski definition) is 2. The molecule has 0 saturated carbocycles. The summed E-state index contributed by atoms with van der Waals surface area (Å²) in [4.78, 5) is 4.42. The third-order valence-corrected chi connectivity index (χ3v) is 3.17. The van der Waals surface area contributed by atoms with Gasteiger partial charge in [0.05, 0.1) is 0 Å². The third-order valence-electron chi connectivity index (χ3n) is 3.17. The highest BCUT2D eigenvalue weighted by molar-refractivity contribution is 5.43. The first-order valence-corrected chi connectivity index (χ1v) is 6.70. The molecule has 1 aromatic rings. The van der Waals surface area contributed by atoms with E-state index in [0.29, 0.717) is 0 Å². The molecule has 0 aliphatic carbocycles. The number of rotatable bonds is 8. The Kier molecular flexibility index (Phi) is 6.63. The lowest BCUT2D eigenvalue weighted by atomic mass is 10.0. The largest absolute Gasteiger partial charge is 0.370 e. The first kappa shape index (κ1) is 14.0. The Morgan fingerprint density at radius 1 is 1.24 bits per heavy atom. The maximum Gasteiger partial charge on any atom is 0.130 e. The van der Waals surface area contributed by atoms with Crippen LogP contribution in [0.15, 0.2) is 18.3 Å². The van der Waals surface area contributed by atoms with Gasteiger partial charge in [0.15, 0.2) is 0 Å². The fourth-order valence-corrected chi connectivity index (χ4v) is 1.82. The molecule has 0 spiro atoms. The molecule has 2 N–H and O–H groups in total. The van der Waals surface area contributed by atoms with Crippen molar-refractivity contribution in [3.63, 3.8) is 0 Å². The van der Waals surface area contributed by atoms with E-state index in [9.17, 15) is 0 Å². The van der Waals surface area contributed by atoms with Crippen molar-refractivity contribution in [3.8, 4) is 0 Å². The minimum absolute atomic E-state index is 0.740. The maximum atomic E-state index is 4.42. The van der Waals surface area contributed by atoms with Crippen LogP contribution in [-0.4, -0.2) is 18.1 Å². The Bertz CT molecular complexity index is 308. The molecule has 0 aromatic carbocycles. The molecule has 0 unspecified atom stereocenters. The van der Waals surface area contributed by atoms with E-state index in [1.54, 1.807) is 0 Å². The summed E-state index contributed by atoms with van der Waals surface area (Å²) in [5, 5.41) is 6.81. The molecule has 3 heteroatoms. The monoisotopic (exact) mass is 235 g/mol. The number of aromatic nitrogens is 1. The van der Waals surface area contributed by atoms with Gasteiger partial charge in [-0.1, -0.05) is 39.7 Å². The molecule has 0 atom stereocenters. The van der Waals surface area contributed by atoms with Crippen LogP contribution in [0.5, 0.6) is 0 Å². The molecule has 17 heavy (non-hydrogen) atoms. The molecular formula is C14H25N3. The Morgan fingerprint density at radius 2 is 2.00 bits per heavy atom. The lowest BCUT2D eigenvalue weighted by Gasteiger charge is -2.16. The zero-order valence-electron chi connectivity index (χ0n) is 11.3. The summed E-state index contributed by atoms with van der Waals surface area (Å²) in [6, 6.07) is 4.12. The number of hydrogen-bond acceptors (Lipinski definition) is 3. The quantitative estimate of drug-likeness (QED) is 0.727. The topological polar surface area (TPSA) is 37.0 Å². The maximum absolute atomic E-state index is 4.42. The Hall–Kier alpha value is -1.09. The van der Waals surface area contributed by atoms with Gasteiger partial charge >= 0.3 is 0 Å². The minimum atomic E-state index is 0.740. The summed E-state index contributed by atoms with van der Waals surface area (Å²) in [6.45, 7) is 9.49. The molecule has 0 radical (unpaired) electrons. The van der Waals surface area contributed by atoms with Crippen LogP contribution in [0.1, 0.15) is 39.2 Å². The van der Waals surface area contributed by atoms with Crippen LogP contribution in [0, 0.1) is 5.92 Å². The van der Waals surface area contributed by atoms with Gasteiger partial charge in [-0.05, 0) is 18.5 Å². The molecule has 0 saturated heterocycles. The highest BCUT2D eigenvalue weighted by atomic mass is 15.0. The summed E-state index contributed by atoms with van der Waals surface area (Å²) in [5.41, 5.74) is 1.25. The van der Waals surface area contributed by atoms with Gasteiger partial charge in [-0.25, -0.2) is 4.98 Å². The van der Waals surface area contributed by atoms with Crippen molar-refractivity contribution < 1.29 is 0 Å². The van der Waals surface area contributed by atoms with E-state index in [-0.39, 0.29) is 0 Å². The standard InChI is InChI=1S/C14H25N3/c1-4-12(5-2)10-17-14-13(11-15-6-3)8-7-9-16-14/h7-9,12,15H,4-6,10-11H2,1-3H3,(H,16,17). The molecule has 0 aliphatic rings. The summed E-state index contributed by atoms with van der Waals surface area (Å²) in [6.07, 6.45) is 4.29. The highest BCUT2D eigenvalue weighted by Crippen LogP contribution is 2.14. The van der Waals surface area contributed by atoms with Crippen LogP contribution in [0.25, 0.3) is 0 Å². The van der Waals surface area contributed by atoms with Gasteiger partial charge in [-0.3, -0.25) is 0 Å². The van der Waals surface area contributed by atoms with Gasteiger partial charge in [0.1, 0.15) is 5.82 Å². The van der Waals surface area contributed by atoms with Crippen molar-refractivity contribution in [2.75, 3.05) is 18.4 Å². The lowest BCUT2D eigenvalue weighted by molar-refractivity contribution is 0.518. The van der Waals surface area contributed by atoms with Crippen molar-refractivity contribution in [1.29, 1.82) is 0 Å². The SMILES string of the molecule is CCNCc1cccnc1NCC(CC)CC. The second kappa shape index (κ2) is 8.07. The Morgan fingerprint density at radius 3 is 2.65 bits per heavy atom. The van der Waals surface area contributed by atoms with Gasteiger partial charge in [0, 0.05) is 24.8 Å². The predicted molar refractivity (Wildman–Crippen MR) is 74.2 cm³/mol. The highest BCUT2D eigenvalue weighted by Gasteiger charge is 2.06. The van der Waals surface area contributed by atoms with E-state index in [1.165, 1.54) is 18.4 Å². The molecule has 1 aromatic heterocycles. The number of anilines is 1. The molecule has 3 nitrogen and oxygen atoms in total. The summed E-state index contributed by atoms with van der Waals surface area (Å²) >= 11 is 0. The van der Waals surface area contributed by atoms with E-state index in [4.69, 9.17) is 0 Å².